The smallest absolute Gasteiger partial charge is 0.264 e. The quantitative estimate of drug-likeness (QED) is 0.220. The highest BCUT2D eigenvalue weighted by Crippen LogP contribution is 2.38. The molecule has 0 unspecified atom stereocenters. The summed E-state index contributed by atoms with van der Waals surface area (Å²) in [7, 11) is 0. The van der Waals surface area contributed by atoms with E-state index in [1.54, 1.807) is 4.40 Å². The Balaban J connectivity index is 1.62. The minimum Gasteiger partial charge on any atom is -0.268 e. The highest BCUT2D eigenvalue weighted by molar-refractivity contribution is 6.18. The van der Waals surface area contributed by atoms with Crippen molar-refractivity contribution >= 4 is 43.8 Å². The number of benzene rings is 5. The van der Waals surface area contributed by atoms with Crippen LogP contribution in [0.3, 0.4) is 0 Å². The predicted molar refractivity (Wildman–Crippen MR) is 165 cm³/mol. The molecule has 0 spiro atoms. The maximum atomic E-state index is 14.1. The fourth-order valence-electron chi connectivity index (χ4n) is 5.89. The second-order valence-corrected chi connectivity index (χ2v) is 9.86. The Hall–Kier alpha value is -5.02. The van der Waals surface area contributed by atoms with E-state index in [1.165, 1.54) is 0 Å². The second kappa shape index (κ2) is 9.07. The average molecular weight is 503 g/mol. The van der Waals surface area contributed by atoms with Gasteiger partial charge in [-0.25, -0.2) is 4.98 Å². The third-order valence-electron chi connectivity index (χ3n) is 7.63. The van der Waals surface area contributed by atoms with Gasteiger partial charge in [0.1, 0.15) is 5.65 Å². The van der Waals surface area contributed by atoms with Gasteiger partial charge in [-0.1, -0.05) is 105 Å². The van der Waals surface area contributed by atoms with Gasteiger partial charge in [0.05, 0.1) is 11.0 Å². The van der Waals surface area contributed by atoms with Gasteiger partial charge in [0, 0.05) is 16.2 Å². The van der Waals surface area contributed by atoms with Crippen LogP contribution in [0.2, 0.25) is 0 Å². The summed E-state index contributed by atoms with van der Waals surface area (Å²) in [5.74, 6) is 0. The molecule has 0 aliphatic heterocycles. The lowest BCUT2D eigenvalue weighted by atomic mass is 9.93. The monoisotopic (exact) mass is 502 g/mol. The van der Waals surface area contributed by atoms with E-state index in [0.717, 1.165) is 67.0 Å². The van der Waals surface area contributed by atoms with Crippen LogP contribution >= 0.6 is 0 Å². The largest absolute Gasteiger partial charge is 0.268 e. The number of rotatable bonds is 5. The molecule has 0 radical (unpaired) electrons. The molecule has 0 N–H and O–H groups in total. The molecule has 3 heteroatoms. The van der Waals surface area contributed by atoms with Crippen molar-refractivity contribution in [3.8, 4) is 22.3 Å². The molecule has 0 aliphatic rings. The molecule has 7 aromatic rings. The second-order valence-electron chi connectivity index (χ2n) is 9.86. The van der Waals surface area contributed by atoms with Crippen molar-refractivity contribution in [1.82, 2.24) is 9.38 Å². The van der Waals surface area contributed by atoms with Crippen LogP contribution in [-0.2, 0) is 0 Å². The Labute approximate surface area is 226 Å². The summed E-state index contributed by atoms with van der Waals surface area (Å²) in [5.41, 5.74) is 8.81. The van der Waals surface area contributed by atoms with Crippen LogP contribution in [0.4, 0.5) is 0 Å². The lowest BCUT2D eigenvalue weighted by molar-refractivity contribution is 1.19. The molecule has 0 fully saturated rings. The van der Waals surface area contributed by atoms with E-state index in [4.69, 9.17) is 4.98 Å². The number of nitrogens with zero attached hydrogens (tertiary/aromatic N) is 2. The van der Waals surface area contributed by atoms with Crippen molar-refractivity contribution in [1.29, 1.82) is 0 Å². The van der Waals surface area contributed by atoms with Crippen molar-refractivity contribution in [2.24, 2.45) is 0 Å². The van der Waals surface area contributed by atoms with Crippen LogP contribution in [0.1, 0.15) is 18.9 Å². The summed E-state index contributed by atoms with van der Waals surface area (Å²) >= 11 is 0. The third kappa shape index (κ3) is 3.51. The highest BCUT2D eigenvalue weighted by Gasteiger charge is 2.20. The molecule has 2 heterocycles. The molecular weight excluding hydrogens is 476 g/mol. The van der Waals surface area contributed by atoms with Crippen LogP contribution in [0.5, 0.6) is 0 Å². The first-order valence-corrected chi connectivity index (χ1v) is 13.3. The molecule has 3 nitrogen and oxygen atoms in total. The zero-order valence-corrected chi connectivity index (χ0v) is 21.7. The Morgan fingerprint density at radius 1 is 0.795 bits per heavy atom. The summed E-state index contributed by atoms with van der Waals surface area (Å²) < 4.78 is 1.80. The van der Waals surface area contributed by atoms with E-state index < -0.39 is 0 Å². The van der Waals surface area contributed by atoms with Gasteiger partial charge in [-0.05, 0) is 69.5 Å². The minimum absolute atomic E-state index is 0.0474. The molecule has 0 saturated carbocycles. The van der Waals surface area contributed by atoms with E-state index in [-0.39, 0.29) is 5.56 Å². The predicted octanol–water partition coefficient (Wildman–Crippen LogP) is 8.91. The van der Waals surface area contributed by atoms with Crippen LogP contribution in [0.15, 0.2) is 127 Å². The summed E-state index contributed by atoms with van der Waals surface area (Å²) in [6.45, 7) is 6.16. The standard InChI is InChI=1S/C36H26N2O/c1-3-12-23(4-2)26-19-20-28-34-27(26)17-11-18-29(34)36(39)38-33-22-31(25-15-9-6-10-16-25)30(21-32(33)37-35(28)38)24-13-7-5-8-14-24/h4-22H,2-3H2,1H3. The maximum absolute atomic E-state index is 14.1. The fraction of sp³-hybridized carbons (Fsp3) is 0.0556. The lowest BCUT2D eigenvalue weighted by Crippen LogP contribution is -2.13. The molecule has 0 bridgehead atoms. The molecule has 186 valence electrons. The first-order chi connectivity index (χ1) is 19.2. The number of fused-ring (bicyclic) bond motifs is 4. The molecule has 2 aromatic heterocycles. The SMILES string of the molecule is C=CC(=CCC)c1ccc2c3c1cccc3c(=O)n1c3cc(-c4ccccc4)c(-c4ccccc4)cc3nc21. The van der Waals surface area contributed by atoms with Gasteiger partial charge in [-0.15, -0.1) is 0 Å². The summed E-state index contributed by atoms with van der Waals surface area (Å²) in [4.78, 5) is 19.2. The van der Waals surface area contributed by atoms with Crippen molar-refractivity contribution < 1.29 is 0 Å². The van der Waals surface area contributed by atoms with Crippen molar-refractivity contribution in [2.45, 2.75) is 13.3 Å². The van der Waals surface area contributed by atoms with E-state index in [9.17, 15) is 4.79 Å². The zero-order chi connectivity index (χ0) is 26.5. The minimum atomic E-state index is -0.0474. The number of hydrogen-bond donors (Lipinski definition) is 0. The van der Waals surface area contributed by atoms with Crippen molar-refractivity contribution in [3.05, 3.63) is 138 Å². The summed E-state index contributed by atoms with van der Waals surface area (Å²) in [6, 6.07) is 35.2. The van der Waals surface area contributed by atoms with Gasteiger partial charge in [0.2, 0.25) is 0 Å². The molecule has 39 heavy (non-hydrogen) atoms. The van der Waals surface area contributed by atoms with Gasteiger partial charge in [0.25, 0.3) is 5.56 Å². The lowest BCUT2D eigenvalue weighted by Gasteiger charge is -2.13. The Kier molecular flexibility index (Phi) is 5.38. The number of hydrogen-bond acceptors (Lipinski definition) is 2. The Morgan fingerprint density at radius 2 is 1.46 bits per heavy atom. The van der Waals surface area contributed by atoms with E-state index in [2.05, 4.69) is 86.3 Å². The zero-order valence-electron chi connectivity index (χ0n) is 21.7. The molecule has 5 aromatic carbocycles. The normalized spacial score (nSPS) is 12.2. The first-order valence-electron chi connectivity index (χ1n) is 13.3. The van der Waals surface area contributed by atoms with Crippen LogP contribution in [-0.4, -0.2) is 9.38 Å². The molecule has 0 amide bonds. The Morgan fingerprint density at radius 3 is 2.13 bits per heavy atom. The summed E-state index contributed by atoms with van der Waals surface area (Å²) in [6.07, 6.45) is 4.98. The number of pyridine rings is 1. The number of aromatic nitrogens is 2. The molecule has 0 saturated heterocycles. The van der Waals surface area contributed by atoms with Gasteiger partial charge < -0.3 is 0 Å². The van der Waals surface area contributed by atoms with E-state index in [1.807, 2.05) is 42.5 Å². The molecule has 7 rings (SSSR count). The third-order valence-corrected chi connectivity index (χ3v) is 7.63. The molecular formula is C36H26N2O. The topological polar surface area (TPSA) is 34.4 Å². The average Bonchev–Trinajstić information content (AvgIpc) is 3.37. The fourth-order valence-corrected chi connectivity index (χ4v) is 5.89. The van der Waals surface area contributed by atoms with E-state index >= 15 is 0 Å². The Bertz CT molecular complexity index is 2120. The maximum Gasteiger partial charge on any atom is 0.264 e. The van der Waals surface area contributed by atoms with Crippen molar-refractivity contribution in [3.63, 3.8) is 0 Å². The summed E-state index contributed by atoms with van der Waals surface area (Å²) in [5, 5.41) is 3.68. The van der Waals surface area contributed by atoms with Crippen LogP contribution in [0, 0.1) is 0 Å². The van der Waals surface area contributed by atoms with Gasteiger partial charge >= 0.3 is 0 Å². The van der Waals surface area contributed by atoms with E-state index in [0.29, 0.717) is 11.0 Å². The van der Waals surface area contributed by atoms with Gasteiger partial charge in [0.15, 0.2) is 0 Å². The van der Waals surface area contributed by atoms with Gasteiger partial charge in [-0.3, -0.25) is 9.20 Å². The number of allylic oxidation sites excluding steroid dienone is 3. The van der Waals surface area contributed by atoms with Crippen LogP contribution < -0.4 is 5.56 Å². The molecule has 0 aliphatic carbocycles. The van der Waals surface area contributed by atoms with Crippen LogP contribution in [0.25, 0.3) is 66.1 Å². The first kappa shape index (κ1) is 23.1. The number of imidazole rings is 1. The van der Waals surface area contributed by atoms with Gasteiger partial charge in [-0.2, -0.15) is 0 Å². The molecule has 0 atom stereocenters. The van der Waals surface area contributed by atoms with Crippen molar-refractivity contribution in [2.75, 3.05) is 0 Å². The highest BCUT2D eigenvalue weighted by atomic mass is 16.1.